The normalized spacial score (nSPS) is 35.9. The van der Waals surface area contributed by atoms with Crippen molar-refractivity contribution in [3.63, 3.8) is 0 Å². The van der Waals surface area contributed by atoms with Crippen molar-refractivity contribution in [1.82, 2.24) is 15.1 Å². The number of amides is 3. The fraction of sp³-hybridized carbons (Fsp3) is 0.704. The molecule has 0 saturated carbocycles. The van der Waals surface area contributed by atoms with Gasteiger partial charge in [0.05, 0.1) is 31.2 Å². The van der Waals surface area contributed by atoms with E-state index in [1.165, 1.54) is 4.90 Å². The average Bonchev–Trinajstić information content (AvgIpc) is 3.52. The maximum absolute atomic E-state index is 14.2. The number of hydrogen-bond donors (Lipinski definition) is 2. The minimum absolute atomic E-state index is 0.152. The van der Waals surface area contributed by atoms with E-state index in [2.05, 4.69) is 5.32 Å². The Morgan fingerprint density at radius 3 is 2.68 bits per heavy atom. The molecule has 0 aromatic heterocycles. The van der Waals surface area contributed by atoms with E-state index in [0.29, 0.717) is 25.9 Å². The summed E-state index contributed by atoms with van der Waals surface area (Å²) in [6.07, 6.45) is 8.88. The first-order valence-corrected chi connectivity index (χ1v) is 13.5. The topological polar surface area (TPSA) is 125 Å². The highest BCUT2D eigenvalue weighted by molar-refractivity contribution is 5.99. The van der Waals surface area contributed by atoms with Gasteiger partial charge in [-0.3, -0.25) is 19.2 Å². The summed E-state index contributed by atoms with van der Waals surface area (Å²) in [5, 5.41) is 12.9. The molecule has 7 atom stereocenters. The predicted molar refractivity (Wildman–Crippen MR) is 134 cm³/mol. The summed E-state index contributed by atoms with van der Waals surface area (Å²) in [4.78, 5) is 56.9. The molecule has 0 unspecified atom stereocenters. The Bertz CT molecular complexity index is 962. The Labute approximate surface area is 218 Å². The highest BCUT2D eigenvalue weighted by Gasteiger charge is 2.74. The highest BCUT2D eigenvalue weighted by Crippen LogP contribution is 2.56. The molecule has 37 heavy (non-hydrogen) atoms. The zero-order valence-corrected chi connectivity index (χ0v) is 21.9. The molecular weight excluding hydrogens is 478 g/mol. The molecule has 0 aromatic carbocycles. The third-order valence-corrected chi connectivity index (χ3v) is 7.92. The van der Waals surface area contributed by atoms with E-state index in [1.807, 2.05) is 26.0 Å². The number of esters is 1. The van der Waals surface area contributed by atoms with Gasteiger partial charge in [-0.25, -0.2) is 0 Å². The van der Waals surface area contributed by atoms with Gasteiger partial charge >= 0.3 is 5.97 Å². The third-order valence-electron chi connectivity index (χ3n) is 7.92. The van der Waals surface area contributed by atoms with Gasteiger partial charge in [0.2, 0.25) is 17.7 Å². The van der Waals surface area contributed by atoms with Crippen molar-refractivity contribution in [2.75, 3.05) is 26.2 Å². The standard InChI is InChI=1S/C27H39N3O7/c1-4-6-13-29-14-9-7-8-10-20(32)28-15-17(3)36-26(35)21-19-11-12-27(37-19)22(21)24(33)30(18(5-2)16-31)23(27)25(29)34/h7,9,11-12,17-19,21-23,31H,4-6,8,10,13-16H2,1-3H3,(H,28,32)/b9-7-/t17-,18+,19+,21-,22-,23+,27-/m1/s1. The van der Waals surface area contributed by atoms with Crippen molar-refractivity contribution < 1.29 is 33.8 Å². The van der Waals surface area contributed by atoms with E-state index >= 15 is 0 Å². The highest BCUT2D eigenvalue weighted by atomic mass is 16.6. The van der Waals surface area contributed by atoms with Gasteiger partial charge in [0.25, 0.3) is 0 Å². The summed E-state index contributed by atoms with van der Waals surface area (Å²) in [5.74, 6) is -3.22. The molecule has 4 aliphatic rings. The number of carbonyl (C=O) groups is 4. The van der Waals surface area contributed by atoms with Crippen LogP contribution in [0.3, 0.4) is 0 Å². The lowest BCUT2D eigenvalue weighted by Crippen LogP contribution is -2.58. The zero-order chi connectivity index (χ0) is 26.7. The first-order valence-electron chi connectivity index (χ1n) is 13.5. The molecule has 0 aliphatic carbocycles. The molecule has 0 radical (unpaired) electrons. The monoisotopic (exact) mass is 517 g/mol. The SMILES string of the molecule is CCCCN1C/C=C\CCC(=O)NC[C@@H](C)OC(=O)[C@@H]2[C@@H]3C=C[C@]4(O3)[C@H](C1=O)N([C@@H](CC)CO)C(=O)[C@@H]24. The van der Waals surface area contributed by atoms with Gasteiger partial charge in [-0.1, -0.05) is 44.6 Å². The van der Waals surface area contributed by atoms with E-state index in [9.17, 15) is 24.3 Å². The lowest BCUT2D eigenvalue weighted by molar-refractivity contribution is -0.159. The number of nitrogens with zero attached hydrogens (tertiary/aromatic N) is 2. The quantitative estimate of drug-likeness (QED) is 0.397. The van der Waals surface area contributed by atoms with Crippen molar-refractivity contribution in [2.24, 2.45) is 11.8 Å². The number of aliphatic hydroxyl groups is 1. The summed E-state index contributed by atoms with van der Waals surface area (Å²) in [6.45, 7) is 6.25. The summed E-state index contributed by atoms with van der Waals surface area (Å²) in [6, 6.07) is -1.58. The van der Waals surface area contributed by atoms with Crippen LogP contribution in [-0.4, -0.2) is 94.7 Å². The van der Waals surface area contributed by atoms with Gasteiger partial charge in [0.15, 0.2) is 0 Å². The number of nitrogens with one attached hydrogen (secondary N) is 1. The second-order valence-electron chi connectivity index (χ2n) is 10.4. The molecule has 2 N–H and O–H groups in total. The van der Waals surface area contributed by atoms with E-state index in [-0.39, 0.29) is 37.3 Å². The maximum atomic E-state index is 14.2. The zero-order valence-electron chi connectivity index (χ0n) is 21.9. The molecule has 4 rings (SSSR count). The van der Waals surface area contributed by atoms with Crippen LogP contribution in [-0.2, 0) is 28.7 Å². The molecule has 10 nitrogen and oxygen atoms in total. The van der Waals surface area contributed by atoms with E-state index in [1.54, 1.807) is 24.0 Å². The van der Waals surface area contributed by atoms with Crippen molar-refractivity contribution >= 4 is 23.7 Å². The van der Waals surface area contributed by atoms with Gasteiger partial charge in [-0.15, -0.1) is 0 Å². The minimum Gasteiger partial charge on any atom is -0.460 e. The molecule has 3 amide bonds. The van der Waals surface area contributed by atoms with Crippen LogP contribution >= 0.6 is 0 Å². The number of carbonyl (C=O) groups excluding carboxylic acids is 4. The van der Waals surface area contributed by atoms with Crippen LogP contribution < -0.4 is 5.32 Å². The smallest absolute Gasteiger partial charge is 0.313 e. The van der Waals surface area contributed by atoms with Crippen LogP contribution in [0.5, 0.6) is 0 Å². The van der Waals surface area contributed by atoms with Gasteiger partial charge in [-0.2, -0.15) is 0 Å². The molecule has 1 spiro atoms. The summed E-state index contributed by atoms with van der Waals surface area (Å²) in [7, 11) is 0. The van der Waals surface area contributed by atoms with E-state index in [4.69, 9.17) is 9.47 Å². The number of cyclic esters (lactones) is 1. The summed E-state index contributed by atoms with van der Waals surface area (Å²) >= 11 is 0. The van der Waals surface area contributed by atoms with Crippen LogP contribution in [0.1, 0.15) is 52.9 Å². The lowest BCUT2D eigenvalue weighted by atomic mass is 9.74. The summed E-state index contributed by atoms with van der Waals surface area (Å²) < 4.78 is 12.0. The van der Waals surface area contributed by atoms with E-state index < -0.39 is 47.7 Å². The molecule has 2 fully saturated rings. The number of unbranched alkanes of at least 4 members (excludes halogenated alkanes) is 1. The van der Waals surface area contributed by atoms with Gasteiger partial charge in [-0.05, 0) is 26.2 Å². The minimum atomic E-state index is -1.30. The number of likely N-dealkylation sites (tertiary alicyclic amines) is 1. The van der Waals surface area contributed by atoms with Crippen molar-refractivity contribution in [1.29, 1.82) is 0 Å². The number of aliphatic hydroxyl groups excluding tert-OH is 1. The Kier molecular flexibility index (Phi) is 8.38. The fourth-order valence-corrected chi connectivity index (χ4v) is 5.98. The van der Waals surface area contributed by atoms with Crippen LogP contribution in [0, 0.1) is 11.8 Å². The number of fused-ring (bicyclic) bond motifs is 2. The van der Waals surface area contributed by atoms with Crippen LogP contribution in [0.25, 0.3) is 0 Å². The predicted octanol–water partition coefficient (Wildman–Crippen LogP) is 0.935. The van der Waals surface area contributed by atoms with Crippen molar-refractivity contribution in [3.05, 3.63) is 24.3 Å². The molecule has 204 valence electrons. The van der Waals surface area contributed by atoms with Crippen LogP contribution in [0.4, 0.5) is 0 Å². The van der Waals surface area contributed by atoms with Gasteiger partial charge in [0, 0.05) is 19.5 Å². The second kappa shape index (κ2) is 11.3. The number of rotatable bonds is 6. The van der Waals surface area contributed by atoms with Crippen LogP contribution in [0.15, 0.2) is 24.3 Å². The molecule has 5 bridgehead atoms. The number of allylic oxidation sites excluding steroid dienone is 1. The molecule has 10 heteroatoms. The first kappa shape index (κ1) is 27.3. The van der Waals surface area contributed by atoms with Crippen LogP contribution in [0.2, 0.25) is 0 Å². The average molecular weight is 518 g/mol. The largest absolute Gasteiger partial charge is 0.460 e. The Balaban J connectivity index is 1.77. The molecule has 2 saturated heterocycles. The second-order valence-corrected chi connectivity index (χ2v) is 10.4. The van der Waals surface area contributed by atoms with Crippen molar-refractivity contribution in [3.8, 4) is 0 Å². The van der Waals surface area contributed by atoms with E-state index in [0.717, 1.165) is 12.8 Å². The summed E-state index contributed by atoms with van der Waals surface area (Å²) in [5.41, 5.74) is -1.30. The van der Waals surface area contributed by atoms with Gasteiger partial charge < -0.3 is 29.7 Å². The lowest BCUT2D eigenvalue weighted by Gasteiger charge is -2.38. The number of hydrogen-bond acceptors (Lipinski definition) is 7. The Morgan fingerprint density at radius 1 is 1.19 bits per heavy atom. The fourth-order valence-electron chi connectivity index (χ4n) is 5.98. The first-order chi connectivity index (χ1) is 17.8. The molecular formula is C27H39N3O7. The van der Waals surface area contributed by atoms with Crippen molar-refractivity contribution in [2.45, 2.75) is 82.8 Å². The molecule has 4 heterocycles. The molecule has 0 aromatic rings. The number of ether oxygens (including phenoxy) is 2. The van der Waals surface area contributed by atoms with Gasteiger partial charge in [0.1, 0.15) is 23.7 Å². The Hall–Kier alpha value is -2.72. The Morgan fingerprint density at radius 2 is 1.97 bits per heavy atom. The maximum Gasteiger partial charge on any atom is 0.313 e. The molecule has 4 aliphatic heterocycles. The third kappa shape index (κ3) is 4.93.